The SMILES string of the molecule is CN1CCCC1=C=C(I)c1cnc(Br)c[c]1[Sn]. The van der Waals surface area contributed by atoms with E-state index in [4.69, 9.17) is 0 Å². The van der Waals surface area contributed by atoms with Gasteiger partial charge in [-0.1, -0.05) is 0 Å². The summed E-state index contributed by atoms with van der Waals surface area (Å²) in [5.41, 5.74) is 6.03. The molecule has 0 atom stereocenters. The van der Waals surface area contributed by atoms with Crippen LogP contribution in [0.2, 0.25) is 0 Å². The molecule has 0 unspecified atom stereocenters. The maximum atomic E-state index is 4.30. The van der Waals surface area contributed by atoms with E-state index in [9.17, 15) is 0 Å². The molecule has 0 bridgehead atoms. The molecule has 0 spiro atoms. The van der Waals surface area contributed by atoms with Gasteiger partial charge in [-0.25, -0.2) is 0 Å². The number of likely N-dealkylation sites (tertiary alicyclic amines) is 1. The van der Waals surface area contributed by atoms with Crippen LogP contribution in [0.5, 0.6) is 0 Å². The summed E-state index contributed by atoms with van der Waals surface area (Å²) in [7, 11) is 2.14. The molecule has 0 amide bonds. The second kappa shape index (κ2) is 6.08. The summed E-state index contributed by atoms with van der Waals surface area (Å²) < 4.78 is 3.39. The van der Waals surface area contributed by atoms with Crippen molar-refractivity contribution in [2.75, 3.05) is 13.6 Å². The molecule has 0 aliphatic carbocycles. The molecule has 1 aliphatic heterocycles. The molecule has 3 radical (unpaired) electrons. The molecule has 1 saturated heterocycles. The summed E-state index contributed by atoms with van der Waals surface area (Å²) in [4.78, 5) is 6.58. The average Bonchev–Trinajstić information content (AvgIpc) is 2.64. The van der Waals surface area contributed by atoms with Crippen LogP contribution < -0.4 is 3.58 Å². The molecule has 87 valence electrons. The van der Waals surface area contributed by atoms with E-state index in [0.717, 1.165) is 21.1 Å². The molecule has 2 nitrogen and oxygen atoms in total. The fourth-order valence-corrected chi connectivity index (χ4v) is 5.10. The number of hydrogen-bond acceptors (Lipinski definition) is 2. The van der Waals surface area contributed by atoms with Crippen LogP contribution in [-0.4, -0.2) is 46.0 Å². The quantitative estimate of drug-likeness (QED) is 0.251. The number of aromatic nitrogens is 1. The fraction of sp³-hybridized carbons (Fsp3) is 0.333. The van der Waals surface area contributed by atoms with E-state index < -0.39 is 0 Å². The molecular formula is C12H11BrIN2Sn. The van der Waals surface area contributed by atoms with Gasteiger partial charge in [-0.3, -0.25) is 0 Å². The van der Waals surface area contributed by atoms with Crippen LogP contribution in [-0.2, 0) is 0 Å². The molecular weight excluding hydrogens is 498 g/mol. The molecule has 17 heavy (non-hydrogen) atoms. The summed E-state index contributed by atoms with van der Waals surface area (Å²) >= 11 is 7.17. The van der Waals surface area contributed by atoms with Crippen molar-refractivity contribution in [2.24, 2.45) is 0 Å². The van der Waals surface area contributed by atoms with Crippen molar-refractivity contribution in [3.63, 3.8) is 0 Å². The first-order valence-corrected chi connectivity index (χ1v) is 8.62. The number of pyridine rings is 1. The molecule has 0 aromatic carbocycles. The van der Waals surface area contributed by atoms with Crippen LogP contribution in [0.3, 0.4) is 0 Å². The van der Waals surface area contributed by atoms with E-state index in [1.54, 1.807) is 0 Å². The number of allylic oxidation sites excluding steroid dienone is 1. The Bertz CT molecular complexity index is 509. The minimum absolute atomic E-state index is 0.905. The van der Waals surface area contributed by atoms with Crippen molar-refractivity contribution in [2.45, 2.75) is 12.8 Å². The number of hydrogen-bond donors (Lipinski definition) is 0. The van der Waals surface area contributed by atoms with Gasteiger partial charge in [0.1, 0.15) is 0 Å². The van der Waals surface area contributed by atoms with Crippen molar-refractivity contribution < 1.29 is 0 Å². The second-order valence-electron chi connectivity index (χ2n) is 3.96. The molecule has 0 saturated carbocycles. The van der Waals surface area contributed by atoms with Crippen LogP contribution in [0.4, 0.5) is 0 Å². The van der Waals surface area contributed by atoms with Gasteiger partial charge in [0.05, 0.1) is 0 Å². The first-order valence-electron chi connectivity index (χ1n) is 5.32. The zero-order valence-corrected chi connectivity index (χ0v) is 16.0. The van der Waals surface area contributed by atoms with Crippen molar-refractivity contribution in [3.8, 4) is 0 Å². The van der Waals surface area contributed by atoms with Gasteiger partial charge in [0, 0.05) is 0 Å². The first-order chi connectivity index (χ1) is 8.08. The fourth-order valence-electron chi connectivity index (χ4n) is 1.77. The van der Waals surface area contributed by atoms with Gasteiger partial charge in [0.2, 0.25) is 0 Å². The third-order valence-electron chi connectivity index (χ3n) is 2.73. The standard InChI is InChI=1S/C12H11BrIN2.Sn/c1-16-6-2-3-10(16)7-11(14)9-4-5-12(13)15-8-9;/h5,8H,2-3,6H2,1H3;. The van der Waals surface area contributed by atoms with Crippen molar-refractivity contribution in [1.82, 2.24) is 9.88 Å². The van der Waals surface area contributed by atoms with Crippen LogP contribution in [0.25, 0.3) is 3.58 Å². The molecule has 1 aromatic heterocycles. The van der Waals surface area contributed by atoms with Gasteiger partial charge in [-0.05, 0) is 0 Å². The summed E-state index contributed by atoms with van der Waals surface area (Å²) in [6.07, 6.45) is 4.31. The zero-order chi connectivity index (χ0) is 12.4. The van der Waals surface area contributed by atoms with Crippen LogP contribution >= 0.6 is 38.5 Å². The van der Waals surface area contributed by atoms with Gasteiger partial charge in [-0.2, -0.15) is 0 Å². The Morgan fingerprint density at radius 2 is 2.41 bits per heavy atom. The van der Waals surface area contributed by atoms with E-state index in [0.29, 0.717) is 0 Å². The molecule has 0 N–H and O–H groups in total. The molecule has 2 heterocycles. The van der Waals surface area contributed by atoms with Gasteiger partial charge < -0.3 is 0 Å². The van der Waals surface area contributed by atoms with E-state index in [1.165, 1.54) is 43.8 Å². The Balaban J connectivity index is 2.43. The Kier molecular flexibility index (Phi) is 4.97. The zero-order valence-electron chi connectivity index (χ0n) is 9.43. The van der Waals surface area contributed by atoms with Gasteiger partial charge in [-0.15, -0.1) is 0 Å². The third kappa shape index (κ3) is 3.49. The Hall–Kier alpha value is 0.479. The molecule has 1 aliphatic rings. The van der Waals surface area contributed by atoms with E-state index in [-0.39, 0.29) is 0 Å². The van der Waals surface area contributed by atoms with Crippen LogP contribution in [0.1, 0.15) is 18.4 Å². The van der Waals surface area contributed by atoms with Gasteiger partial charge in [0.25, 0.3) is 0 Å². The maximum absolute atomic E-state index is 4.30. The Morgan fingerprint density at radius 3 is 3.00 bits per heavy atom. The predicted octanol–water partition coefficient (Wildman–Crippen LogP) is 2.62. The van der Waals surface area contributed by atoms with E-state index in [2.05, 4.69) is 67.2 Å². The van der Waals surface area contributed by atoms with Crippen molar-refractivity contribution in [3.05, 3.63) is 33.9 Å². The summed E-state index contributed by atoms with van der Waals surface area (Å²) in [5, 5.41) is 0. The van der Waals surface area contributed by atoms with Crippen molar-refractivity contribution in [1.29, 1.82) is 0 Å². The van der Waals surface area contributed by atoms with Crippen molar-refractivity contribution >= 4 is 68.2 Å². The number of nitrogens with zero attached hydrogens (tertiary/aromatic N) is 2. The Morgan fingerprint density at radius 1 is 1.65 bits per heavy atom. The van der Waals surface area contributed by atoms with E-state index >= 15 is 0 Å². The average molecular weight is 509 g/mol. The van der Waals surface area contributed by atoms with E-state index in [1.807, 2.05) is 6.20 Å². The molecule has 2 rings (SSSR count). The molecule has 1 aromatic rings. The molecule has 5 heteroatoms. The predicted molar refractivity (Wildman–Crippen MR) is 83.6 cm³/mol. The topological polar surface area (TPSA) is 16.1 Å². The second-order valence-corrected chi connectivity index (χ2v) is 7.39. The summed E-state index contributed by atoms with van der Waals surface area (Å²) in [6, 6.07) is 2.08. The Labute approximate surface area is 137 Å². The summed E-state index contributed by atoms with van der Waals surface area (Å²) in [6.45, 7) is 1.15. The van der Waals surface area contributed by atoms with Gasteiger partial charge in [0.15, 0.2) is 0 Å². The van der Waals surface area contributed by atoms with Crippen LogP contribution in [0.15, 0.2) is 28.3 Å². The summed E-state index contributed by atoms with van der Waals surface area (Å²) in [5.74, 6) is 0. The third-order valence-corrected chi connectivity index (χ3v) is 5.19. The van der Waals surface area contributed by atoms with Crippen LogP contribution in [0, 0.1) is 0 Å². The monoisotopic (exact) mass is 509 g/mol. The minimum atomic E-state index is 0.905. The van der Waals surface area contributed by atoms with Gasteiger partial charge >= 0.3 is 138 Å². The molecule has 1 fully saturated rings. The first kappa shape index (κ1) is 13.9. The normalized spacial score (nSPS) is 15.1. The number of rotatable bonds is 1. The number of halogens is 2.